The van der Waals surface area contributed by atoms with E-state index in [1.54, 1.807) is 36.1 Å². The van der Waals surface area contributed by atoms with Crippen LogP contribution >= 0.6 is 12.4 Å². The average molecular weight is 348 g/mol. The minimum atomic E-state index is -3.42. The lowest BCUT2D eigenvalue weighted by Gasteiger charge is -2.31. The van der Waals surface area contributed by atoms with E-state index in [0.29, 0.717) is 24.3 Å². The summed E-state index contributed by atoms with van der Waals surface area (Å²) in [5.74, 6) is -0.219. The standard InChI is InChI=1S/C14H21N3O3S.ClH/c1-2-21(19,20)16-13-8-4-3-7-12(13)14(18)17-9-5-6-11(15)10-17;/h3-4,7-8,11,16H,2,5-6,9-10,15H2,1H3;1H. The Balaban J connectivity index is 0.00000242. The maximum Gasteiger partial charge on any atom is 0.256 e. The Morgan fingerprint density at radius 1 is 1.41 bits per heavy atom. The van der Waals surface area contributed by atoms with Crippen LogP contribution in [0.25, 0.3) is 0 Å². The molecule has 0 radical (unpaired) electrons. The van der Waals surface area contributed by atoms with Crippen molar-refractivity contribution in [3.8, 4) is 0 Å². The molecule has 2 rings (SSSR count). The fourth-order valence-corrected chi connectivity index (χ4v) is 3.02. The van der Waals surface area contributed by atoms with E-state index in [9.17, 15) is 13.2 Å². The van der Waals surface area contributed by atoms with Crippen LogP contribution in [0, 0.1) is 0 Å². The summed E-state index contributed by atoms with van der Waals surface area (Å²) in [5, 5.41) is 0. The monoisotopic (exact) mass is 347 g/mol. The molecule has 0 aromatic heterocycles. The van der Waals surface area contributed by atoms with Crippen LogP contribution in [0.4, 0.5) is 5.69 Å². The molecule has 1 heterocycles. The van der Waals surface area contributed by atoms with Crippen LogP contribution in [0.2, 0.25) is 0 Å². The first-order chi connectivity index (χ1) is 9.93. The number of halogens is 1. The van der Waals surface area contributed by atoms with Gasteiger partial charge in [0.25, 0.3) is 5.91 Å². The maximum absolute atomic E-state index is 12.6. The fourth-order valence-electron chi connectivity index (χ4n) is 2.36. The van der Waals surface area contributed by atoms with Crippen molar-refractivity contribution in [2.75, 3.05) is 23.6 Å². The number of hydrogen-bond donors (Lipinski definition) is 2. The largest absolute Gasteiger partial charge is 0.337 e. The molecule has 3 N–H and O–H groups in total. The number of benzene rings is 1. The smallest absolute Gasteiger partial charge is 0.256 e. The van der Waals surface area contributed by atoms with Crippen LogP contribution in [0.5, 0.6) is 0 Å². The Labute approximate surface area is 137 Å². The van der Waals surface area contributed by atoms with Gasteiger partial charge in [0.2, 0.25) is 10.0 Å². The van der Waals surface area contributed by atoms with Crippen molar-refractivity contribution in [1.82, 2.24) is 4.90 Å². The molecule has 1 aromatic rings. The van der Waals surface area contributed by atoms with E-state index in [2.05, 4.69) is 4.72 Å². The number of para-hydroxylation sites is 1. The molecule has 1 fully saturated rings. The summed E-state index contributed by atoms with van der Waals surface area (Å²) >= 11 is 0. The summed E-state index contributed by atoms with van der Waals surface area (Å²) in [6.07, 6.45) is 1.78. The first-order valence-electron chi connectivity index (χ1n) is 7.07. The molecule has 8 heteroatoms. The second-order valence-electron chi connectivity index (χ2n) is 5.20. The number of anilines is 1. The van der Waals surface area contributed by atoms with Gasteiger partial charge in [-0.3, -0.25) is 9.52 Å². The van der Waals surface area contributed by atoms with Gasteiger partial charge in [-0.2, -0.15) is 0 Å². The maximum atomic E-state index is 12.6. The summed E-state index contributed by atoms with van der Waals surface area (Å²) < 4.78 is 25.9. The van der Waals surface area contributed by atoms with Crippen LogP contribution in [0.1, 0.15) is 30.1 Å². The number of nitrogens with two attached hydrogens (primary N) is 1. The summed E-state index contributed by atoms with van der Waals surface area (Å²) in [7, 11) is -3.42. The van der Waals surface area contributed by atoms with Gasteiger partial charge < -0.3 is 10.6 Å². The third-order valence-corrected chi connectivity index (χ3v) is 4.84. The minimum Gasteiger partial charge on any atom is -0.337 e. The lowest BCUT2D eigenvalue weighted by atomic mass is 10.0. The van der Waals surface area contributed by atoms with E-state index in [0.717, 1.165) is 12.8 Å². The molecule has 0 aliphatic carbocycles. The Bertz CT molecular complexity index is 622. The van der Waals surface area contributed by atoms with Gasteiger partial charge in [-0.05, 0) is 31.9 Å². The van der Waals surface area contributed by atoms with Gasteiger partial charge in [-0.1, -0.05) is 12.1 Å². The van der Waals surface area contributed by atoms with Gasteiger partial charge in [0.1, 0.15) is 0 Å². The van der Waals surface area contributed by atoms with Crippen molar-refractivity contribution < 1.29 is 13.2 Å². The Morgan fingerprint density at radius 2 is 2.09 bits per heavy atom. The Hall–Kier alpha value is -1.31. The molecule has 1 aliphatic heterocycles. The van der Waals surface area contributed by atoms with Crippen molar-refractivity contribution in [2.45, 2.75) is 25.8 Å². The highest BCUT2D eigenvalue weighted by atomic mass is 35.5. The molecule has 1 aromatic carbocycles. The third-order valence-electron chi connectivity index (χ3n) is 3.55. The lowest BCUT2D eigenvalue weighted by Crippen LogP contribution is -2.45. The van der Waals surface area contributed by atoms with E-state index in [1.165, 1.54) is 0 Å². The van der Waals surface area contributed by atoms with Gasteiger partial charge in [0.05, 0.1) is 17.0 Å². The SMILES string of the molecule is CCS(=O)(=O)Nc1ccccc1C(=O)N1CCCC(N)C1.Cl. The highest BCUT2D eigenvalue weighted by molar-refractivity contribution is 7.92. The summed E-state index contributed by atoms with van der Waals surface area (Å²) in [6, 6.07) is 6.65. The number of rotatable bonds is 4. The number of carbonyl (C=O) groups excluding carboxylic acids is 1. The van der Waals surface area contributed by atoms with E-state index < -0.39 is 10.0 Å². The van der Waals surface area contributed by atoms with Gasteiger partial charge in [-0.15, -0.1) is 12.4 Å². The van der Waals surface area contributed by atoms with Gasteiger partial charge >= 0.3 is 0 Å². The zero-order valence-electron chi connectivity index (χ0n) is 12.5. The van der Waals surface area contributed by atoms with E-state index >= 15 is 0 Å². The van der Waals surface area contributed by atoms with Crippen LogP contribution in [0.15, 0.2) is 24.3 Å². The summed E-state index contributed by atoms with van der Waals surface area (Å²) in [4.78, 5) is 14.3. The minimum absolute atomic E-state index is 0. The summed E-state index contributed by atoms with van der Waals surface area (Å²) in [6.45, 7) is 2.71. The molecule has 1 unspecified atom stereocenters. The number of amides is 1. The van der Waals surface area contributed by atoms with Crippen molar-refractivity contribution in [3.63, 3.8) is 0 Å². The first-order valence-corrected chi connectivity index (χ1v) is 8.72. The molecular formula is C14H22ClN3O3S. The second kappa shape index (κ2) is 7.80. The molecule has 124 valence electrons. The van der Waals surface area contributed by atoms with E-state index in [1.807, 2.05) is 0 Å². The zero-order chi connectivity index (χ0) is 15.5. The highest BCUT2D eigenvalue weighted by Gasteiger charge is 2.24. The number of piperidine rings is 1. The predicted molar refractivity (Wildman–Crippen MR) is 89.9 cm³/mol. The number of carbonyl (C=O) groups is 1. The van der Waals surface area contributed by atoms with E-state index in [-0.39, 0.29) is 30.1 Å². The van der Waals surface area contributed by atoms with Crippen LogP contribution in [0.3, 0.4) is 0 Å². The van der Waals surface area contributed by atoms with Crippen molar-refractivity contribution >= 4 is 34.0 Å². The number of nitrogens with zero attached hydrogens (tertiary/aromatic N) is 1. The summed E-state index contributed by atoms with van der Waals surface area (Å²) in [5.41, 5.74) is 6.58. The topological polar surface area (TPSA) is 92.5 Å². The molecule has 0 spiro atoms. The van der Waals surface area contributed by atoms with Gasteiger partial charge in [0, 0.05) is 19.1 Å². The molecule has 6 nitrogen and oxygen atoms in total. The number of sulfonamides is 1. The molecule has 0 bridgehead atoms. The normalized spacial score (nSPS) is 18.5. The molecular weight excluding hydrogens is 326 g/mol. The first kappa shape index (κ1) is 18.7. The zero-order valence-corrected chi connectivity index (χ0v) is 14.1. The molecule has 22 heavy (non-hydrogen) atoms. The highest BCUT2D eigenvalue weighted by Crippen LogP contribution is 2.20. The second-order valence-corrected chi connectivity index (χ2v) is 7.22. The lowest BCUT2D eigenvalue weighted by molar-refractivity contribution is 0.0710. The number of likely N-dealkylation sites (tertiary alicyclic amines) is 1. The van der Waals surface area contributed by atoms with Crippen molar-refractivity contribution in [1.29, 1.82) is 0 Å². The van der Waals surface area contributed by atoms with Crippen LogP contribution < -0.4 is 10.5 Å². The molecule has 1 amide bonds. The van der Waals surface area contributed by atoms with Gasteiger partial charge in [-0.25, -0.2) is 8.42 Å². The van der Waals surface area contributed by atoms with Gasteiger partial charge in [0.15, 0.2) is 0 Å². The van der Waals surface area contributed by atoms with Crippen molar-refractivity contribution in [3.05, 3.63) is 29.8 Å². The van der Waals surface area contributed by atoms with E-state index in [4.69, 9.17) is 5.73 Å². The van der Waals surface area contributed by atoms with Crippen LogP contribution in [-0.2, 0) is 10.0 Å². The molecule has 1 saturated heterocycles. The number of hydrogen-bond acceptors (Lipinski definition) is 4. The Kier molecular flexibility index (Phi) is 6.65. The Morgan fingerprint density at radius 3 is 2.73 bits per heavy atom. The number of nitrogens with one attached hydrogen (secondary N) is 1. The predicted octanol–water partition coefficient (Wildman–Crippen LogP) is 1.43. The van der Waals surface area contributed by atoms with Crippen LogP contribution in [-0.4, -0.2) is 44.1 Å². The molecule has 1 atom stereocenters. The quantitative estimate of drug-likeness (QED) is 0.861. The third kappa shape index (κ3) is 4.59. The van der Waals surface area contributed by atoms with Crippen molar-refractivity contribution in [2.24, 2.45) is 5.73 Å². The fraction of sp³-hybridized carbons (Fsp3) is 0.500. The molecule has 0 saturated carbocycles. The average Bonchev–Trinajstić information content (AvgIpc) is 2.47. The molecule has 1 aliphatic rings.